The number of ether oxygens (including phenoxy) is 1. The molecule has 1 aliphatic rings. The molecule has 1 unspecified atom stereocenters. The van der Waals surface area contributed by atoms with Gasteiger partial charge in [-0.15, -0.1) is 11.3 Å². The summed E-state index contributed by atoms with van der Waals surface area (Å²) in [6.45, 7) is 1.68. The predicted octanol–water partition coefficient (Wildman–Crippen LogP) is 3.66. The van der Waals surface area contributed by atoms with Crippen LogP contribution in [0.15, 0.2) is 34.2 Å². The fourth-order valence-electron chi connectivity index (χ4n) is 3.91. The Morgan fingerprint density at radius 1 is 1.24 bits per heavy atom. The summed E-state index contributed by atoms with van der Waals surface area (Å²) in [6, 6.07) is 6.64. The van der Waals surface area contributed by atoms with Gasteiger partial charge in [0.25, 0.3) is 5.56 Å². The summed E-state index contributed by atoms with van der Waals surface area (Å²) in [6.07, 6.45) is 5.17. The molecule has 4 rings (SSSR count). The van der Waals surface area contributed by atoms with Gasteiger partial charge in [-0.2, -0.15) is 0 Å². The Hall–Kier alpha value is -2.85. The molecular weight excluding hydrogens is 460 g/mol. The quantitative estimate of drug-likeness (QED) is 0.324. The van der Waals surface area contributed by atoms with Gasteiger partial charge in [0.15, 0.2) is 5.16 Å². The minimum atomic E-state index is -0.652. The van der Waals surface area contributed by atoms with E-state index < -0.39 is 17.2 Å². The van der Waals surface area contributed by atoms with Gasteiger partial charge in [-0.1, -0.05) is 24.2 Å². The lowest BCUT2D eigenvalue weighted by atomic mass is 10.1. The van der Waals surface area contributed by atoms with Crippen LogP contribution in [0.2, 0.25) is 0 Å². The van der Waals surface area contributed by atoms with Gasteiger partial charge in [0.1, 0.15) is 10.6 Å². The van der Waals surface area contributed by atoms with Crippen molar-refractivity contribution in [2.24, 2.45) is 0 Å². The van der Waals surface area contributed by atoms with Crippen LogP contribution in [0.4, 0.5) is 4.79 Å². The number of hydrogen-bond donors (Lipinski definition) is 2. The van der Waals surface area contributed by atoms with Gasteiger partial charge in [-0.25, -0.2) is 9.78 Å². The summed E-state index contributed by atoms with van der Waals surface area (Å²) in [5.41, 5.74) is 1.58. The van der Waals surface area contributed by atoms with Crippen LogP contribution in [0.5, 0.6) is 5.75 Å². The number of aromatic nitrogens is 2. The molecule has 0 radical (unpaired) electrons. The third-order valence-electron chi connectivity index (χ3n) is 5.63. The average molecular weight is 487 g/mol. The number of imide groups is 1. The molecule has 0 fully saturated rings. The lowest BCUT2D eigenvalue weighted by molar-refractivity contribution is -0.119. The molecule has 1 aromatic carbocycles. The number of amides is 3. The maximum Gasteiger partial charge on any atom is 0.321 e. The second-order valence-electron chi connectivity index (χ2n) is 7.81. The Kier molecular flexibility index (Phi) is 7.04. The highest BCUT2D eigenvalue weighted by molar-refractivity contribution is 8.00. The van der Waals surface area contributed by atoms with Gasteiger partial charge >= 0.3 is 6.03 Å². The topological polar surface area (TPSA) is 102 Å². The van der Waals surface area contributed by atoms with Gasteiger partial charge in [0, 0.05) is 18.0 Å². The van der Waals surface area contributed by atoms with Crippen molar-refractivity contribution >= 4 is 45.3 Å². The van der Waals surface area contributed by atoms with Crippen LogP contribution >= 0.6 is 23.1 Å². The fraction of sp³-hybridized carbons (Fsp3) is 0.391. The number of carbonyl (C=O) groups excluding carboxylic acids is 2. The molecule has 0 bridgehead atoms. The first-order valence-electron chi connectivity index (χ1n) is 10.8. The first-order chi connectivity index (χ1) is 15.9. The molecule has 8 nitrogen and oxygen atoms in total. The highest BCUT2D eigenvalue weighted by atomic mass is 32.2. The van der Waals surface area contributed by atoms with Crippen LogP contribution in [0.3, 0.4) is 0 Å². The van der Waals surface area contributed by atoms with E-state index >= 15 is 0 Å². The number of carbonyl (C=O) groups is 2. The SMILES string of the molecule is CNC(=O)NC(=O)C(C)Sc1nc2sc3c(c2c(=O)n1-c1cccc(OC)c1)CCCCC3. The number of urea groups is 1. The number of thiophene rings is 1. The number of aryl methyl sites for hydroxylation is 2. The second kappa shape index (κ2) is 9.96. The molecule has 2 aromatic heterocycles. The monoisotopic (exact) mass is 486 g/mol. The van der Waals surface area contributed by atoms with E-state index in [0.29, 0.717) is 26.8 Å². The summed E-state index contributed by atoms with van der Waals surface area (Å²) in [5, 5.41) is 5.07. The van der Waals surface area contributed by atoms with Gasteiger partial charge in [0.2, 0.25) is 5.91 Å². The third-order valence-corrected chi connectivity index (χ3v) is 7.87. The molecule has 2 N–H and O–H groups in total. The van der Waals surface area contributed by atoms with Crippen LogP contribution in [-0.4, -0.2) is 40.9 Å². The molecule has 3 amide bonds. The molecule has 1 atom stereocenters. The van der Waals surface area contributed by atoms with Crippen molar-refractivity contribution in [2.75, 3.05) is 14.2 Å². The van der Waals surface area contributed by atoms with E-state index in [9.17, 15) is 14.4 Å². The number of rotatable bonds is 5. The summed E-state index contributed by atoms with van der Waals surface area (Å²) >= 11 is 2.72. The molecule has 33 heavy (non-hydrogen) atoms. The molecule has 0 saturated heterocycles. The van der Waals surface area contributed by atoms with Crippen molar-refractivity contribution in [1.29, 1.82) is 0 Å². The smallest absolute Gasteiger partial charge is 0.321 e. The Balaban J connectivity index is 1.86. The molecule has 1 aliphatic carbocycles. The molecule has 2 heterocycles. The van der Waals surface area contributed by atoms with Gasteiger partial charge < -0.3 is 10.1 Å². The molecule has 0 spiro atoms. The van der Waals surface area contributed by atoms with Crippen LogP contribution in [0.25, 0.3) is 15.9 Å². The van der Waals surface area contributed by atoms with E-state index in [1.165, 1.54) is 11.9 Å². The summed E-state index contributed by atoms with van der Waals surface area (Å²) < 4.78 is 6.91. The van der Waals surface area contributed by atoms with Crippen LogP contribution in [0, 0.1) is 0 Å². The fourth-order valence-corrected chi connectivity index (χ4v) is 6.14. The van der Waals surface area contributed by atoms with E-state index in [-0.39, 0.29) is 5.56 Å². The van der Waals surface area contributed by atoms with E-state index in [1.54, 1.807) is 36.0 Å². The number of methoxy groups -OCH3 is 1. The normalized spacial score (nSPS) is 14.3. The standard InChI is InChI=1S/C23H26N4O4S2/c1-13(19(28)25-22(30)24-2)32-23-26-20-18(16-10-5-4-6-11-17(16)33-20)21(29)27(23)14-8-7-9-15(12-14)31-3/h7-9,12-13H,4-6,10-11H2,1-3H3,(H2,24,25,28,30). The van der Waals surface area contributed by atoms with E-state index in [1.807, 2.05) is 18.2 Å². The zero-order valence-corrected chi connectivity index (χ0v) is 20.4. The lowest BCUT2D eigenvalue weighted by Gasteiger charge is -2.16. The first-order valence-corrected chi connectivity index (χ1v) is 12.5. The minimum absolute atomic E-state index is 0.144. The minimum Gasteiger partial charge on any atom is -0.497 e. The number of benzene rings is 1. The number of nitrogens with one attached hydrogen (secondary N) is 2. The maximum atomic E-state index is 13.9. The van der Waals surface area contributed by atoms with Crippen LogP contribution in [-0.2, 0) is 17.6 Å². The molecule has 0 saturated carbocycles. The van der Waals surface area contributed by atoms with Crippen molar-refractivity contribution in [1.82, 2.24) is 20.2 Å². The number of thioether (sulfide) groups is 1. The van der Waals surface area contributed by atoms with Crippen molar-refractivity contribution < 1.29 is 14.3 Å². The Labute approximate surface area is 199 Å². The second-order valence-corrected chi connectivity index (χ2v) is 10.2. The van der Waals surface area contributed by atoms with Crippen molar-refractivity contribution in [3.63, 3.8) is 0 Å². The maximum absolute atomic E-state index is 13.9. The molecular formula is C23H26N4O4S2. The number of hydrogen-bond acceptors (Lipinski definition) is 7. The van der Waals surface area contributed by atoms with E-state index in [2.05, 4.69) is 10.6 Å². The van der Waals surface area contributed by atoms with Crippen molar-refractivity contribution in [2.45, 2.75) is 49.4 Å². The molecule has 10 heteroatoms. The number of fused-ring (bicyclic) bond motifs is 3. The highest BCUT2D eigenvalue weighted by Gasteiger charge is 2.25. The zero-order valence-electron chi connectivity index (χ0n) is 18.8. The largest absolute Gasteiger partial charge is 0.497 e. The Morgan fingerprint density at radius 2 is 2.03 bits per heavy atom. The van der Waals surface area contributed by atoms with Crippen LogP contribution < -0.4 is 20.9 Å². The summed E-state index contributed by atoms with van der Waals surface area (Å²) in [5.74, 6) is 0.151. The molecule has 174 valence electrons. The van der Waals surface area contributed by atoms with Gasteiger partial charge in [-0.3, -0.25) is 19.5 Å². The zero-order chi connectivity index (χ0) is 23.5. The third kappa shape index (κ3) is 4.77. The summed E-state index contributed by atoms with van der Waals surface area (Å²) in [4.78, 5) is 44.7. The molecule has 0 aliphatic heterocycles. The van der Waals surface area contributed by atoms with Crippen molar-refractivity contribution in [3.8, 4) is 11.4 Å². The highest BCUT2D eigenvalue weighted by Crippen LogP contribution is 2.35. The Morgan fingerprint density at radius 3 is 2.79 bits per heavy atom. The Bertz CT molecular complexity index is 1270. The average Bonchev–Trinajstić information content (AvgIpc) is 3.00. The predicted molar refractivity (Wildman–Crippen MR) is 131 cm³/mol. The first kappa shape index (κ1) is 23.3. The lowest BCUT2D eigenvalue weighted by Crippen LogP contribution is -2.41. The van der Waals surface area contributed by atoms with Gasteiger partial charge in [0.05, 0.1) is 23.4 Å². The van der Waals surface area contributed by atoms with Crippen LogP contribution in [0.1, 0.15) is 36.6 Å². The van der Waals surface area contributed by atoms with Crippen molar-refractivity contribution in [3.05, 3.63) is 45.1 Å². The van der Waals surface area contributed by atoms with Gasteiger partial charge in [-0.05, 0) is 50.3 Å². The van der Waals surface area contributed by atoms with E-state index in [0.717, 1.165) is 49.4 Å². The summed E-state index contributed by atoms with van der Waals surface area (Å²) in [7, 11) is 3.01. The number of nitrogens with zero attached hydrogens (tertiary/aromatic N) is 2. The molecule has 3 aromatic rings. The van der Waals surface area contributed by atoms with E-state index in [4.69, 9.17) is 9.72 Å².